The van der Waals surface area contributed by atoms with E-state index in [1.165, 1.54) is 11.1 Å². The minimum Gasteiger partial charge on any atom is -0.326 e. The predicted molar refractivity (Wildman–Crippen MR) is 87.3 cm³/mol. The number of halogens is 1. The zero-order valence-corrected chi connectivity index (χ0v) is 13.3. The van der Waals surface area contributed by atoms with Crippen molar-refractivity contribution in [2.45, 2.75) is 36.6 Å². The molecule has 2 atom stereocenters. The molecule has 2 nitrogen and oxygen atoms in total. The van der Waals surface area contributed by atoms with E-state index < -0.39 is 0 Å². The molecule has 0 aliphatic carbocycles. The van der Waals surface area contributed by atoms with Gasteiger partial charge < -0.3 is 5.73 Å². The Balaban J connectivity index is 2.35. The molecule has 0 fully saturated rings. The molecule has 2 N–H and O–H groups in total. The van der Waals surface area contributed by atoms with Crippen LogP contribution in [0.15, 0.2) is 47.6 Å². The van der Waals surface area contributed by atoms with Crippen LogP contribution in [0.1, 0.15) is 29.7 Å². The van der Waals surface area contributed by atoms with E-state index in [4.69, 9.17) is 17.3 Å². The van der Waals surface area contributed by atoms with Gasteiger partial charge in [0.2, 0.25) is 0 Å². The molecule has 1 aromatic heterocycles. The highest BCUT2D eigenvalue weighted by molar-refractivity contribution is 7.99. The minimum absolute atomic E-state index is 0.0687. The van der Waals surface area contributed by atoms with Crippen LogP contribution >= 0.6 is 23.4 Å². The number of thioether (sulfide) groups is 1. The molecule has 0 aliphatic rings. The van der Waals surface area contributed by atoms with Gasteiger partial charge in [0, 0.05) is 12.2 Å². The third-order valence-corrected chi connectivity index (χ3v) is 5.14. The van der Waals surface area contributed by atoms with Crippen LogP contribution in [0.5, 0.6) is 0 Å². The Morgan fingerprint density at radius 2 is 2.00 bits per heavy atom. The van der Waals surface area contributed by atoms with Crippen molar-refractivity contribution < 1.29 is 0 Å². The van der Waals surface area contributed by atoms with Crippen LogP contribution in [0.25, 0.3) is 0 Å². The Morgan fingerprint density at radius 1 is 1.25 bits per heavy atom. The lowest BCUT2D eigenvalue weighted by atomic mass is 10.00. The van der Waals surface area contributed by atoms with E-state index in [9.17, 15) is 0 Å². The number of pyridine rings is 1. The van der Waals surface area contributed by atoms with Gasteiger partial charge in [0.15, 0.2) is 0 Å². The molecule has 106 valence electrons. The molecule has 0 aliphatic heterocycles. The molecule has 1 heterocycles. The van der Waals surface area contributed by atoms with E-state index in [2.05, 4.69) is 37.0 Å². The summed E-state index contributed by atoms with van der Waals surface area (Å²) >= 11 is 7.87. The molecule has 2 rings (SSSR count). The molecule has 0 saturated heterocycles. The van der Waals surface area contributed by atoms with Crippen molar-refractivity contribution >= 4 is 23.4 Å². The lowest BCUT2D eigenvalue weighted by Gasteiger charge is -2.24. The average molecular weight is 307 g/mol. The SMILES string of the molecule is CCC(N)C(Sc1ncccc1Cl)c1ccccc1C. The maximum absolute atomic E-state index is 6.32. The second-order valence-corrected chi connectivity index (χ2v) is 6.29. The van der Waals surface area contributed by atoms with E-state index in [0.717, 1.165) is 11.4 Å². The van der Waals surface area contributed by atoms with Crippen LogP contribution in [0.3, 0.4) is 0 Å². The first-order valence-corrected chi connectivity index (χ1v) is 7.97. The number of hydrogen-bond acceptors (Lipinski definition) is 3. The number of aromatic nitrogens is 1. The second-order valence-electron chi connectivity index (χ2n) is 4.76. The zero-order chi connectivity index (χ0) is 14.5. The molecule has 4 heteroatoms. The first-order valence-electron chi connectivity index (χ1n) is 6.71. The van der Waals surface area contributed by atoms with Gasteiger partial charge in [-0.15, -0.1) is 0 Å². The van der Waals surface area contributed by atoms with Gasteiger partial charge in [0.05, 0.1) is 10.3 Å². The van der Waals surface area contributed by atoms with Gasteiger partial charge in [-0.05, 0) is 36.6 Å². The maximum Gasteiger partial charge on any atom is 0.115 e. The van der Waals surface area contributed by atoms with Crippen molar-refractivity contribution in [2.24, 2.45) is 5.73 Å². The van der Waals surface area contributed by atoms with Gasteiger partial charge in [-0.2, -0.15) is 0 Å². The fraction of sp³-hybridized carbons (Fsp3) is 0.312. The molecule has 0 saturated carbocycles. The molecular formula is C16H19ClN2S. The van der Waals surface area contributed by atoms with Crippen LogP contribution < -0.4 is 5.73 Å². The number of nitrogens with zero attached hydrogens (tertiary/aromatic N) is 1. The third-order valence-electron chi connectivity index (χ3n) is 3.32. The first kappa shape index (κ1) is 15.4. The minimum atomic E-state index is 0.0687. The van der Waals surface area contributed by atoms with Crippen LogP contribution in [0.4, 0.5) is 0 Å². The van der Waals surface area contributed by atoms with Crippen molar-refractivity contribution in [2.75, 3.05) is 0 Å². The molecular weight excluding hydrogens is 288 g/mol. The van der Waals surface area contributed by atoms with E-state index in [0.29, 0.717) is 5.02 Å². The number of benzene rings is 1. The molecule has 1 aromatic carbocycles. The molecule has 20 heavy (non-hydrogen) atoms. The summed E-state index contributed by atoms with van der Waals surface area (Å²) in [5, 5.41) is 1.68. The monoisotopic (exact) mass is 306 g/mol. The van der Waals surface area contributed by atoms with Crippen molar-refractivity contribution in [3.8, 4) is 0 Å². The van der Waals surface area contributed by atoms with Gasteiger partial charge in [-0.25, -0.2) is 4.98 Å². The van der Waals surface area contributed by atoms with E-state index >= 15 is 0 Å². The standard InChI is InChI=1S/C16H19ClN2S/c1-3-14(18)15(12-8-5-4-7-11(12)2)20-16-13(17)9-6-10-19-16/h4-10,14-15H,3,18H2,1-2H3. The average Bonchev–Trinajstić information content (AvgIpc) is 2.47. The quantitative estimate of drug-likeness (QED) is 0.820. The summed E-state index contributed by atoms with van der Waals surface area (Å²) in [5.41, 5.74) is 8.83. The molecule has 0 amide bonds. The Hall–Kier alpha value is -1.03. The largest absolute Gasteiger partial charge is 0.326 e. The summed E-state index contributed by atoms with van der Waals surface area (Å²) in [6, 6.07) is 12.1. The molecule has 0 radical (unpaired) electrons. The number of aryl methyl sites for hydroxylation is 1. The summed E-state index contributed by atoms with van der Waals surface area (Å²) < 4.78 is 0. The third kappa shape index (κ3) is 3.54. The van der Waals surface area contributed by atoms with Crippen LogP contribution in [0.2, 0.25) is 5.02 Å². The Bertz CT molecular complexity index is 574. The molecule has 2 unspecified atom stereocenters. The van der Waals surface area contributed by atoms with Gasteiger partial charge in [0.25, 0.3) is 0 Å². The highest BCUT2D eigenvalue weighted by atomic mass is 35.5. The van der Waals surface area contributed by atoms with E-state index in [1.807, 2.05) is 18.2 Å². The van der Waals surface area contributed by atoms with Gasteiger partial charge >= 0.3 is 0 Å². The van der Waals surface area contributed by atoms with Gasteiger partial charge in [0.1, 0.15) is 5.03 Å². The smallest absolute Gasteiger partial charge is 0.115 e. The maximum atomic E-state index is 6.32. The van der Waals surface area contributed by atoms with Crippen LogP contribution in [0, 0.1) is 6.92 Å². The Labute approximate surface area is 129 Å². The normalized spacial score (nSPS) is 14.0. The number of rotatable bonds is 5. The lowest BCUT2D eigenvalue weighted by molar-refractivity contribution is 0.631. The van der Waals surface area contributed by atoms with Crippen molar-refractivity contribution in [3.05, 3.63) is 58.7 Å². The summed E-state index contributed by atoms with van der Waals surface area (Å²) in [4.78, 5) is 4.37. The Morgan fingerprint density at radius 3 is 2.65 bits per heavy atom. The van der Waals surface area contributed by atoms with Crippen molar-refractivity contribution in [3.63, 3.8) is 0 Å². The topological polar surface area (TPSA) is 38.9 Å². The predicted octanol–water partition coefficient (Wildman–Crippen LogP) is 4.61. The molecule has 2 aromatic rings. The summed E-state index contributed by atoms with van der Waals surface area (Å²) in [6.07, 6.45) is 2.68. The van der Waals surface area contributed by atoms with Crippen molar-refractivity contribution in [1.29, 1.82) is 0 Å². The zero-order valence-electron chi connectivity index (χ0n) is 11.7. The second kappa shape index (κ2) is 7.11. The lowest BCUT2D eigenvalue weighted by Crippen LogP contribution is -2.26. The summed E-state index contributed by atoms with van der Waals surface area (Å²) in [6.45, 7) is 4.22. The fourth-order valence-corrected chi connectivity index (χ4v) is 3.64. The highest BCUT2D eigenvalue weighted by Gasteiger charge is 2.22. The molecule has 0 bridgehead atoms. The molecule has 0 spiro atoms. The van der Waals surface area contributed by atoms with Crippen molar-refractivity contribution in [1.82, 2.24) is 4.98 Å². The van der Waals surface area contributed by atoms with E-state index in [1.54, 1.807) is 18.0 Å². The number of hydrogen-bond donors (Lipinski definition) is 1. The van der Waals surface area contributed by atoms with Gasteiger partial charge in [-0.1, -0.05) is 54.6 Å². The van der Waals surface area contributed by atoms with E-state index in [-0.39, 0.29) is 11.3 Å². The van der Waals surface area contributed by atoms with Crippen LogP contribution in [-0.2, 0) is 0 Å². The van der Waals surface area contributed by atoms with Gasteiger partial charge in [-0.3, -0.25) is 0 Å². The van der Waals surface area contributed by atoms with Crippen LogP contribution in [-0.4, -0.2) is 11.0 Å². The number of nitrogens with two attached hydrogens (primary N) is 1. The summed E-state index contributed by atoms with van der Waals surface area (Å²) in [7, 11) is 0. The summed E-state index contributed by atoms with van der Waals surface area (Å²) in [5.74, 6) is 0. The first-order chi connectivity index (χ1) is 9.63. The highest BCUT2D eigenvalue weighted by Crippen LogP contribution is 2.40. The fourth-order valence-electron chi connectivity index (χ4n) is 2.08. The Kier molecular flexibility index (Phi) is 5.46.